The molecule has 1 fully saturated rings. The van der Waals surface area contributed by atoms with E-state index in [2.05, 4.69) is 75.2 Å². The molecule has 136 valence electrons. The van der Waals surface area contributed by atoms with Crippen molar-refractivity contribution in [3.8, 4) is 0 Å². The monoisotopic (exact) mass is 367 g/mol. The summed E-state index contributed by atoms with van der Waals surface area (Å²) in [6, 6.07) is 15.0. The number of hydrogen-bond donors (Lipinski definition) is 0. The Kier molecular flexibility index (Phi) is 5.41. The van der Waals surface area contributed by atoms with Crippen LogP contribution in [0.4, 0.5) is 0 Å². The molecule has 0 bridgehead atoms. The summed E-state index contributed by atoms with van der Waals surface area (Å²) >= 11 is 1.80. The third kappa shape index (κ3) is 3.86. The molecule has 0 amide bonds. The molecular formula is C20H25N5S. The number of aryl methyl sites for hydroxylation is 2. The number of thiophene rings is 1. The van der Waals surface area contributed by atoms with E-state index in [-0.39, 0.29) is 6.04 Å². The lowest BCUT2D eigenvalue weighted by molar-refractivity contribution is 0.143. The lowest BCUT2D eigenvalue weighted by atomic mass is 9.98. The van der Waals surface area contributed by atoms with E-state index in [1.54, 1.807) is 11.3 Å². The highest BCUT2D eigenvalue weighted by Crippen LogP contribution is 2.33. The Bertz CT molecular complexity index is 799. The molecule has 1 aromatic carbocycles. The smallest absolute Gasteiger partial charge is 0.173 e. The summed E-state index contributed by atoms with van der Waals surface area (Å²) in [5.74, 6) is 1.69. The van der Waals surface area contributed by atoms with E-state index in [4.69, 9.17) is 0 Å². The topological polar surface area (TPSA) is 46.8 Å². The van der Waals surface area contributed by atoms with E-state index in [9.17, 15) is 0 Å². The predicted molar refractivity (Wildman–Crippen MR) is 104 cm³/mol. The van der Waals surface area contributed by atoms with Gasteiger partial charge in [-0.25, -0.2) is 4.68 Å². The lowest BCUT2D eigenvalue weighted by Crippen LogP contribution is -2.38. The van der Waals surface area contributed by atoms with Gasteiger partial charge < -0.3 is 0 Å². The molecule has 2 atom stereocenters. The predicted octanol–water partition coefficient (Wildman–Crippen LogP) is 3.80. The van der Waals surface area contributed by atoms with Gasteiger partial charge in [-0.1, -0.05) is 43.3 Å². The van der Waals surface area contributed by atoms with Crippen molar-refractivity contribution in [2.45, 2.75) is 38.8 Å². The Balaban J connectivity index is 1.59. The fourth-order valence-electron chi connectivity index (χ4n) is 3.82. The van der Waals surface area contributed by atoms with Crippen molar-refractivity contribution in [2.75, 3.05) is 13.1 Å². The van der Waals surface area contributed by atoms with E-state index in [1.807, 2.05) is 4.68 Å². The van der Waals surface area contributed by atoms with E-state index < -0.39 is 0 Å². The molecule has 26 heavy (non-hydrogen) atoms. The summed E-state index contributed by atoms with van der Waals surface area (Å²) in [6.07, 6.45) is 3.49. The van der Waals surface area contributed by atoms with Crippen LogP contribution in [0.15, 0.2) is 47.8 Å². The van der Waals surface area contributed by atoms with Crippen molar-refractivity contribution >= 4 is 11.3 Å². The molecule has 5 nitrogen and oxygen atoms in total. The van der Waals surface area contributed by atoms with Crippen LogP contribution in [0.5, 0.6) is 0 Å². The first kappa shape index (κ1) is 17.4. The van der Waals surface area contributed by atoms with E-state index in [1.165, 1.54) is 23.3 Å². The fourth-order valence-corrected chi connectivity index (χ4v) is 4.68. The number of aromatic nitrogens is 4. The van der Waals surface area contributed by atoms with Gasteiger partial charge in [0.25, 0.3) is 0 Å². The van der Waals surface area contributed by atoms with Crippen molar-refractivity contribution in [1.82, 2.24) is 25.1 Å². The fraction of sp³-hybridized carbons (Fsp3) is 0.450. The number of rotatable bonds is 6. The van der Waals surface area contributed by atoms with Gasteiger partial charge in [0.15, 0.2) is 5.82 Å². The zero-order valence-electron chi connectivity index (χ0n) is 15.2. The molecule has 0 radical (unpaired) electrons. The van der Waals surface area contributed by atoms with E-state index in [0.29, 0.717) is 0 Å². The zero-order chi connectivity index (χ0) is 17.8. The summed E-state index contributed by atoms with van der Waals surface area (Å²) < 4.78 is 2.00. The highest BCUT2D eigenvalue weighted by atomic mass is 32.1. The van der Waals surface area contributed by atoms with Gasteiger partial charge in [-0.15, -0.1) is 16.4 Å². The molecule has 2 aromatic heterocycles. The number of likely N-dealkylation sites (tertiary alicyclic amines) is 1. The number of benzene rings is 1. The normalized spacial score (nSPS) is 19.5. The Morgan fingerprint density at radius 2 is 2.08 bits per heavy atom. The summed E-state index contributed by atoms with van der Waals surface area (Å²) in [6.45, 7) is 5.36. The molecule has 1 aliphatic rings. The van der Waals surface area contributed by atoms with Crippen LogP contribution in [-0.4, -0.2) is 38.2 Å². The Hall–Kier alpha value is -2.05. The SMILES string of the molecule is C[C@H]1CCCN([C@H](c2cccs2)c2nnnn2CCc2ccccc2)C1. The van der Waals surface area contributed by atoms with Gasteiger partial charge in [0.05, 0.1) is 0 Å². The van der Waals surface area contributed by atoms with E-state index in [0.717, 1.165) is 37.8 Å². The zero-order valence-corrected chi connectivity index (χ0v) is 16.0. The van der Waals surface area contributed by atoms with Crippen LogP contribution < -0.4 is 0 Å². The van der Waals surface area contributed by atoms with Crippen molar-refractivity contribution < 1.29 is 0 Å². The molecule has 4 rings (SSSR count). The number of hydrogen-bond acceptors (Lipinski definition) is 5. The quantitative estimate of drug-likeness (QED) is 0.665. The average Bonchev–Trinajstić information content (AvgIpc) is 3.34. The molecule has 3 heterocycles. The summed E-state index contributed by atoms with van der Waals surface area (Å²) in [7, 11) is 0. The third-order valence-electron chi connectivity index (χ3n) is 5.13. The molecule has 0 saturated carbocycles. The maximum Gasteiger partial charge on any atom is 0.173 e. The average molecular weight is 368 g/mol. The highest BCUT2D eigenvalue weighted by molar-refractivity contribution is 7.10. The second-order valence-corrected chi connectivity index (χ2v) is 8.14. The van der Waals surface area contributed by atoms with Gasteiger partial charge >= 0.3 is 0 Å². The minimum atomic E-state index is 0.156. The molecule has 1 saturated heterocycles. The van der Waals surface area contributed by atoms with Crippen LogP contribution in [-0.2, 0) is 13.0 Å². The molecule has 1 aliphatic heterocycles. The second kappa shape index (κ2) is 8.10. The number of nitrogens with zero attached hydrogens (tertiary/aromatic N) is 5. The van der Waals surface area contributed by atoms with Gasteiger partial charge in [-0.3, -0.25) is 4.90 Å². The first-order chi connectivity index (χ1) is 12.8. The first-order valence-corrected chi connectivity index (χ1v) is 10.3. The molecule has 3 aromatic rings. The van der Waals surface area contributed by atoms with Crippen molar-refractivity contribution in [1.29, 1.82) is 0 Å². The number of tetrazole rings is 1. The van der Waals surface area contributed by atoms with Gasteiger partial charge in [0.1, 0.15) is 6.04 Å². The van der Waals surface area contributed by atoms with Crippen LogP contribution in [0.1, 0.15) is 42.1 Å². The van der Waals surface area contributed by atoms with Crippen molar-refractivity contribution in [3.05, 3.63) is 64.1 Å². The van der Waals surface area contributed by atoms with E-state index >= 15 is 0 Å². The Labute approximate surface area is 158 Å². The minimum absolute atomic E-state index is 0.156. The van der Waals surface area contributed by atoms with Gasteiger partial charge in [0, 0.05) is 18.0 Å². The van der Waals surface area contributed by atoms with Crippen LogP contribution in [0.2, 0.25) is 0 Å². The molecule has 0 unspecified atom stereocenters. The minimum Gasteiger partial charge on any atom is -0.289 e. The second-order valence-electron chi connectivity index (χ2n) is 7.16. The van der Waals surface area contributed by atoms with Crippen molar-refractivity contribution in [2.24, 2.45) is 5.92 Å². The molecule has 0 spiro atoms. The highest BCUT2D eigenvalue weighted by Gasteiger charge is 2.31. The third-order valence-corrected chi connectivity index (χ3v) is 6.05. The van der Waals surface area contributed by atoms with Crippen LogP contribution in [0.25, 0.3) is 0 Å². The lowest BCUT2D eigenvalue weighted by Gasteiger charge is -2.36. The van der Waals surface area contributed by atoms with Gasteiger partial charge in [-0.2, -0.15) is 0 Å². The van der Waals surface area contributed by atoms with Crippen LogP contribution in [0.3, 0.4) is 0 Å². The maximum absolute atomic E-state index is 4.45. The maximum atomic E-state index is 4.45. The Morgan fingerprint density at radius 3 is 2.85 bits per heavy atom. The first-order valence-electron chi connectivity index (χ1n) is 9.38. The molecule has 0 N–H and O–H groups in total. The van der Waals surface area contributed by atoms with Crippen LogP contribution >= 0.6 is 11.3 Å². The molecular weight excluding hydrogens is 342 g/mol. The van der Waals surface area contributed by atoms with Crippen molar-refractivity contribution in [3.63, 3.8) is 0 Å². The van der Waals surface area contributed by atoms with Gasteiger partial charge in [0.2, 0.25) is 0 Å². The summed E-state index contributed by atoms with van der Waals surface area (Å²) in [4.78, 5) is 3.89. The summed E-state index contributed by atoms with van der Waals surface area (Å²) in [5.41, 5.74) is 1.31. The standard InChI is InChI=1S/C20H25N5S/c1-16-7-5-12-24(15-16)19(18-10-6-14-26-18)20-21-22-23-25(20)13-11-17-8-3-2-4-9-17/h2-4,6,8-10,14,16,19H,5,7,11-13,15H2,1H3/t16-,19+/m0/s1. The molecule has 6 heteroatoms. The number of piperidine rings is 1. The van der Waals surface area contributed by atoms with Gasteiger partial charge in [-0.05, 0) is 59.2 Å². The largest absolute Gasteiger partial charge is 0.289 e. The Morgan fingerprint density at radius 1 is 1.19 bits per heavy atom. The van der Waals surface area contributed by atoms with Crippen LogP contribution in [0, 0.1) is 5.92 Å². The molecule has 0 aliphatic carbocycles. The summed E-state index contributed by atoms with van der Waals surface area (Å²) in [5, 5.41) is 14.9.